The number of carbonyl (C=O) groups is 1. The van der Waals surface area contributed by atoms with E-state index >= 15 is 0 Å². The SMILES string of the molecule is Cc1nnc2n(-c3ccccc3)c(=O)c3ccc(C(=O)NCc4ccc5c(c4)OCO5)cc3n12. The fraction of sp³-hybridized carbons (Fsp3) is 0.120. The average molecular weight is 453 g/mol. The van der Waals surface area contributed by atoms with Crippen LogP contribution in [0.3, 0.4) is 0 Å². The Morgan fingerprint density at radius 2 is 1.82 bits per heavy atom. The first-order chi connectivity index (χ1) is 16.6. The quantitative estimate of drug-likeness (QED) is 0.449. The second-order valence-corrected chi connectivity index (χ2v) is 7.96. The number of para-hydroxylation sites is 1. The van der Waals surface area contributed by atoms with Crippen LogP contribution in [0.15, 0.2) is 71.5 Å². The van der Waals surface area contributed by atoms with E-state index in [1.807, 2.05) is 55.5 Å². The van der Waals surface area contributed by atoms with Gasteiger partial charge in [0.1, 0.15) is 5.82 Å². The molecule has 0 saturated heterocycles. The summed E-state index contributed by atoms with van der Waals surface area (Å²) < 4.78 is 14.0. The maximum atomic E-state index is 13.4. The molecule has 0 bridgehead atoms. The molecule has 0 spiro atoms. The van der Waals surface area contributed by atoms with Crippen LogP contribution in [-0.2, 0) is 6.54 Å². The molecule has 5 aromatic rings. The first-order valence-corrected chi connectivity index (χ1v) is 10.7. The van der Waals surface area contributed by atoms with E-state index in [9.17, 15) is 9.59 Å². The predicted molar refractivity (Wildman–Crippen MR) is 125 cm³/mol. The number of benzene rings is 3. The van der Waals surface area contributed by atoms with E-state index in [1.165, 1.54) is 4.57 Å². The summed E-state index contributed by atoms with van der Waals surface area (Å²) in [6, 6.07) is 19.9. The summed E-state index contributed by atoms with van der Waals surface area (Å²) >= 11 is 0. The zero-order valence-corrected chi connectivity index (χ0v) is 18.2. The number of rotatable bonds is 4. The van der Waals surface area contributed by atoms with Gasteiger partial charge >= 0.3 is 0 Å². The molecule has 168 valence electrons. The summed E-state index contributed by atoms with van der Waals surface area (Å²) in [5.41, 5.74) is 2.36. The van der Waals surface area contributed by atoms with Gasteiger partial charge in [-0.2, -0.15) is 0 Å². The van der Waals surface area contributed by atoms with Gasteiger partial charge in [-0.1, -0.05) is 24.3 Å². The van der Waals surface area contributed by atoms with Crippen molar-refractivity contribution in [3.05, 3.63) is 94.0 Å². The Bertz CT molecular complexity index is 1640. The van der Waals surface area contributed by atoms with Crippen LogP contribution in [0, 0.1) is 6.92 Å². The highest BCUT2D eigenvalue weighted by molar-refractivity contribution is 5.98. The summed E-state index contributed by atoms with van der Waals surface area (Å²) in [7, 11) is 0. The van der Waals surface area contributed by atoms with E-state index in [-0.39, 0.29) is 18.3 Å². The lowest BCUT2D eigenvalue weighted by Gasteiger charge is -2.12. The fourth-order valence-corrected chi connectivity index (χ4v) is 4.17. The molecule has 0 radical (unpaired) electrons. The second-order valence-electron chi connectivity index (χ2n) is 7.96. The summed E-state index contributed by atoms with van der Waals surface area (Å²) in [5, 5.41) is 11.8. The van der Waals surface area contributed by atoms with E-state index < -0.39 is 0 Å². The van der Waals surface area contributed by atoms with Gasteiger partial charge in [0.25, 0.3) is 11.5 Å². The molecule has 0 aliphatic carbocycles. The number of fused-ring (bicyclic) bond motifs is 4. The van der Waals surface area contributed by atoms with Gasteiger partial charge in [0.2, 0.25) is 12.6 Å². The zero-order valence-electron chi connectivity index (χ0n) is 18.2. The highest BCUT2D eigenvalue weighted by atomic mass is 16.7. The Balaban J connectivity index is 1.38. The number of amides is 1. The van der Waals surface area contributed by atoms with E-state index in [0.29, 0.717) is 51.8 Å². The van der Waals surface area contributed by atoms with Gasteiger partial charge in [0, 0.05) is 12.1 Å². The molecule has 9 nitrogen and oxygen atoms in total. The standard InChI is InChI=1S/C25H19N5O4/c1-15-27-28-25-29(15)20-12-17(8-9-19(20)24(32)30(25)18-5-3-2-4-6-18)23(31)26-13-16-7-10-21-22(11-16)34-14-33-21/h2-12H,13-14H2,1H3,(H,26,31). The lowest BCUT2D eigenvalue weighted by Crippen LogP contribution is -2.24. The molecule has 3 heterocycles. The third-order valence-electron chi connectivity index (χ3n) is 5.85. The van der Waals surface area contributed by atoms with Crippen LogP contribution in [0.25, 0.3) is 22.4 Å². The second kappa shape index (κ2) is 7.73. The first-order valence-electron chi connectivity index (χ1n) is 10.7. The zero-order chi connectivity index (χ0) is 23.2. The number of nitrogens with one attached hydrogen (secondary N) is 1. The van der Waals surface area contributed by atoms with E-state index in [4.69, 9.17) is 9.47 Å². The van der Waals surface area contributed by atoms with E-state index in [1.54, 1.807) is 22.6 Å². The Labute approximate surface area is 193 Å². The minimum Gasteiger partial charge on any atom is -0.454 e. The van der Waals surface area contributed by atoms with Crippen LogP contribution in [0.4, 0.5) is 0 Å². The minimum absolute atomic E-state index is 0.200. The highest BCUT2D eigenvalue weighted by Crippen LogP contribution is 2.32. The molecule has 1 aliphatic rings. The van der Waals surface area contributed by atoms with Crippen molar-refractivity contribution < 1.29 is 14.3 Å². The number of ether oxygens (including phenoxy) is 2. The number of nitrogens with zero attached hydrogens (tertiary/aromatic N) is 4. The Hall–Kier alpha value is -4.66. The number of hydrogen-bond acceptors (Lipinski definition) is 6. The van der Waals surface area contributed by atoms with Crippen LogP contribution in [0.5, 0.6) is 11.5 Å². The van der Waals surface area contributed by atoms with Crippen LogP contribution in [-0.4, -0.2) is 31.9 Å². The third kappa shape index (κ3) is 3.17. The lowest BCUT2D eigenvalue weighted by molar-refractivity contribution is 0.0951. The van der Waals surface area contributed by atoms with Crippen molar-refractivity contribution in [1.29, 1.82) is 0 Å². The van der Waals surface area contributed by atoms with Gasteiger partial charge in [-0.05, 0) is 55.0 Å². The molecule has 9 heteroatoms. The smallest absolute Gasteiger partial charge is 0.267 e. The minimum atomic E-state index is -0.259. The predicted octanol–water partition coefficient (Wildman–Crippen LogP) is 3.00. The summed E-state index contributed by atoms with van der Waals surface area (Å²) in [6.07, 6.45) is 0. The Morgan fingerprint density at radius 3 is 2.68 bits per heavy atom. The number of carbonyl (C=O) groups excluding carboxylic acids is 1. The fourth-order valence-electron chi connectivity index (χ4n) is 4.17. The van der Waals surface area contributed by atoms with Crippen molar-refractivity contribution in [2.45, 2.75) is 13.5 Å². The van der Waals surface area contributed by atoms with Gasteiger partial charge in [0.15, 0.2) is 11.5 Å². The van der Waals surface area contributed by atoms with Crippen LogP contribution in [0.2, 0.25) is 0 Å². The molecule has 0 saturated carbocycles. The third-order valence-corrected chi connectivity index (χ3v) is 5.85. The maximum absolute atomic E-state index is 13.4. The van der Waals surface area contributed by atoms with Gasteiger partial charge in [0.05, 0.1) is 16.6 Å². The normalized spacial score (nSPS) is 12.4. The van der Waals surface area contributed by atoms with Crippen molar-refractivity contribution in [3.8, 4) is 17.2 Å². The summed E-state index contributed by atoms with van der Waals surface area (Å²) in [6.45, 7) is 2.33. The lowest BCUT2D eigenvalue weighted by atomic mass is 10.1. The topological polar surface area (TPSA) is 99.8 Å². The molecule has 1 amide bonds. The molecule has 0 atom stereocenters. The number of aromatic nitrogens is 4. The molecule has 2 aromatic heterocycles. The van der Waals surface area contributed by atoms with Gasteiger partial charge in [-0.25, -0.2) is 4.57 Å². The number of hydrogen-bond donors (Lipinski definition) is 1. The molecule has 6 rings (SSSR count). The summed E-state index contributed by atoms with van der Waals surface area (Å²) in [4.78, 5) is 26.3. The highest BCUT2D eigenvalue weighted by Gasteiger charge is 2.18. The van der Waals surface area contributed by atoms with Crippen LogP contribution >= 0.6 is 0 Å². The van der Waals surface area contributed by atoms with E-state index in [2.05, 4.69) is 15.5 Å². The van der Waals surface area contributed by atoms with Crippen LogP contribution in [0.1, 0.15) is 21.7 Å². The molecule has 0 unspecified atom stereocenters. The monoisotopic (exact) mass is 453 g/mol. The van der Waals surface area contributed by atoms with Crippen molar-refractivity contribution in [2.75, 3.05) is 6.79 Å². The van der Waals surface area contributed by atoms with Crippen molar-refractivity contribution >= 4 is 22.6 Å². The molecular weight excluding hydrogens is 434 g/mol. The van der Waals surface area contributed by atoms with Crippen molar-refractivity contribution in [1.82, 2.24) is 24.5 Å². The van der Waals surface area contributed by atoms with Crippen molar-refractivity contribution in [2.24, 2.45) is 0 Å². The Morgan fingerprint density at radius 1 is 1.00 bits per heavy atom. The van der Waals surface area contributed by atoms with Gasteiger partial charge in [-0.3, -0.25) is 14.0 Å². The molecule has 0 fully saturated rings. The molecule has 1 aliphatic heterocycles. The van der Waals surface area contributed by atoms with Crippen molar-refractivity contribution in [3.63, 3.8) is 0 Å². The van der Waals surface area contributed by atoms with Gasteiger partial charge < -0.3 is 14.8 Å². The molecule has 1 N–H and O–H groups in total. The average Bonchev–Trinajstić information content (AvgIpc) is 3.49. The largest absolute Gasteiger partial charge is 0.454 e. The van der Waals surface area contributed by atoms with E-state index in [0.717, 1.165) is 5.56 Å². The molecule has 34 heavy (non-hydrogen) atoms. The Kier molecular flexibility index (Phi) is 4.54. The summed E-state index contributed by atoms with van der Waals surface area (Å²) in [5.74, 6) is 2.10. The van der Waals surface area contributed by atoms with Crippen LogP contribution < -0.4 is 20.3 Å². The first kappa shape index (κ1) is 20.0. The van der Waals surface area contributed by atoms with Gasteiger partial charge in [-0.15, -0.1) is 10.2 Å². The molecular formula is C25H19N5O4. The molecule has 3 aromatic carbocycles. The number of aryl methyl sites for hydroxylation is 1. The maximum Gasteiger partial charge on any atom is 0.267 e.